The molecule has 7 nitrogen and oxygen atoms in total. The van der Waals surface area contributed by atoms with Gasteiger partial charge in [0.05, 0.1) is 0 Å². The van der Waals surface area contributed by atoms with Crippen molar-refractivity contribution in [3.8, 4) is 5.75 Å². The Balaban J connectivity index is 0.00000484. The number of halogens is 1. The Hall–Kier alpha value is -1.28. The zero-order valence-corrected chi connectivity index (χ0v) is 12.7. The number of benzene rings is 1. The molecule has 23 heavy (non-hydrogen) atoms. The predicted molar refractivity (Wildman–Crippen MR) is 84.6 cm³/mol. The van der Waals surface area contributed by atoms with Crippen LogP contribution in [0.5, 0.6) is 5.75 Å². The van der Waals surface area contributed by atoms with Crippen LogP contribution in [0.2, 0.25) is 5.02 Å². The minimum atomic E-state index is -0.729. The second kappa shape index (κ2) is 12.2. The van der Waals surface area contributed by atoms with E-state index in [1.54, 1.807) is 24.3 Å². The number of rotatable bonds is 7. The zero-order chi connectivity index (χ0) is 16.4. The SMILES string of the molecule is CC(=O)OCOC(=O)NCCCC(=O)Oc1ccc(Cl)cc1.[NaH]. The van der Waals surface area contributed by atoms with Crippen LogP contribution in [0.3, 0.4) is 0 Å². The molecular formula is C14H17ClNNaO6. The van der Waals surface area contributed by atoms with Crippen LogP contribution in [0, 0.1) is 0 Å². The van der Waals surface area contributed by atoms with Gasteiger partial charge in [0, 0.05) is 24.9 Å². The van der Waals surface area contributed by atoms with E-state index in [2.05, 4.69) is 14.8 Å². The van der Waals surface area contributed by atoms with E-state index in [0.29, 0.717) is 17.2 Å². The molecule has 0 aliphatic rings. The molecule has 1 amide bonds. The summed E-state index contributed by atoms with van der Waals surface area (Å²) in [6.45, 7) is 0.988. The molecular weight excluding hydrogens is 337 g/mol. The van der Waals surface area contributed by atoms with Crippen LogP contribution in [-0.4, -0.2) is 60.9 Å². The van der Waals surface area contributed by atoms with Gasteiger partial charge in [0.2, 0.25) is 6.79 Å². The van der Waals surface area contributed by atoms with Gasteiger partial charge in [-0.3, -0.25) is 9.59 Å². The van der Waals surface area contributed by atoms with E-state index in [4.69, 9.17) is 16.3 Å². The number of carbonyl (C=O) groups excluding carboxylic acids is 3. The maximum absolute atomic E-state index is 11.5. The third kappa shape index (κ3) is 11.0. The number of hydrogen-bond donors (Lipinski definition) is 1. The van der Waals surface area contributed by atoms with Crippen molar-refractivity contribution in [2.24, 2.45) is 0 Å². The van der Waals surface area contributed by atoms with Gasteiger partial charge in [-0.05, 0) is 30.7 Å². The predicted octanol–water partition coefficient (Wildman–Crippen LogP) is 1.62. The number of carbonyl (C=O) groups is 3. The quantitative estimate of drug-likeness (QED) is 0.263. The van der Waals surface area contributed by atoms with Crippen molar-refractivity contribution in [2.75, 3.05) is 13.3 Å². The second-order valence-corrected chi connectivity index (χ2v) is 4.58. The van der Waals surface area contributed by atoms with E-state index < -0.39 is 24.8 Å². The monoisotopic (exact) mass is 353 g/mol. The summed E-state index contributed by atoms with van der Waals surface area (Å²) in [6, 6.07) is 6.41. The van der Waals surface area contributed by atoms with E-state index in [1.165, 1.54) is 6.92 Å². The molecule has 122 valence electrons. The van der Waals surface area contributed by atoms with Crippen molar-refractivity contribution in [1.82, 2.24) is 5.32 Å². The molecule has 0 fully saturated rings. The second-order valence-electron chi connectivity index (χ2n) is 4.14. The Morgan fingerprint density at radius 3 is 2.39 bits per heavy atom. The Kier molecular flexibility index (Phi) is 11.5. The van der Waals surface area contributed by atoms with Gasteiger partial charge >= 0.3 is 47.6 Å². The summed E-state index contributed by atoms with van der Waals surface area (Å²) < 4.78 is 14.0. The number of amides is 1. The summed E-state index contributed by atoms with van der Waals surface area (Å²) >= 11 is 5.71. The van der Waals surface area contributed by atoms with Crippen LogP contribution >= 0.6 is 11.6 Å². The van der Waals surface area contributed by atoms with E-state index in [1.807, 2.05) is 0 Å². The molecule has 0 spiro atoms. The Morgan fingerprint density at radius 2 is 1.78 bits per heavy atom. The normalized spacial score (nSPS) is 9.30. The molecule has 0 bridgehead atoms. The first kappa shape index (κ1) is 21.7. The van der Waals surface area contributed by atoms with Gasteiger partial charge in [-0.25, -0.2) is 4.79 Å². The number of esters is 2. The molecule has 0 heterocycles. The van der Waals surface area contributed by atoms with Crippen LogP contribution in [-0.2, 0) is 19.1 Å². The molecule has 9 heteroatoms. The van der Waals surface area contributed by atoms with Gasteiger partial charge in [-0.15, -0.1) is 0 Å². The van der Waals surface area contributed by atoms with Gasteiger partial charge in [-0.1, -0.05) is 11.6 Å². The number of hydrogen-bond acceptors (Lipinski definition) is 6. The van der Waals surface area contributed by atoms with Gasteiger partial charge in [0.25, 0.3) is 0 Å². The fourth-order valence-electron chi connectivity index (χ4n) is 1.33. The molecule has 0 atom stereocenters. The Labute approximate surface area is 160 Å². The van der Waals surface area contributed by atoms with Crippen molar-refractivity contribution in [2.45, 2.75) is 19.8 Å². The molecule has 0 unspecified atom stereocenters. The van der Waals surface area contributed by atoms with E-state index in [0.717, 1.165) is 0 Å². The first-order valence-electron chi connectivity index (χ1n) is 6.47. The third-order valence-electron chi connectivity index (χ3n) is 2.32. The molecule has 0 aromatic heterocycles. The van der Waals surface area contributed by atoms with Gasteiger partial charge < -0.3 is 19.5 Å². The molecule has 1 aromatic carbocycles. The molecule has 0 aliphatic carbocycles. The molecule has 1 N–H and O–H groups in total. The van der Waals surface area contributed by atoms with Crippen molar-refractivity contribution >= 4 is 59.2 Å². The van der Waals surface area contributed by atoms with E-state index >= 15 is 0 Å². The summed E-state index contributed by atoms with van der Waals surface area (Å²) in [5.74, 6) is -0.557. The first-order valence-corrected chi connectivity index (χ1v) is 6.85. The number of ether oxygens (including phenoxy) is 3. The van der Waals surface area contributed by atoms with Gasteiger partial charge in [0.1, 0.15) is 5.75 Å². The zero-order valence-electron chi connectivity index (χ0n) is 12.0. The van der Waals surface area contributed by atoms with Crippen LogP contribution in [0.25, 0.3) is 0 Å². The Morgan fingerprint density at radius 1 is 1.13 bits per heavy atom. The van der Waals surface area contributed by atoms with E-state index in [-0.39, 0.29) is 42.5 Å². The van der Waals surface area contributed by atoms with Crippen LogP contribution in [0.4, 0.5) is 4.79 Å². The van der Waals surface area contributed by atoms with Gasteiger partial charge in [0.15, 0.2) is 0 Å². The van der Waals surface area contributed by atoms with Crippen molar-refractivity contribution < 1.29 is 28.6 Å². The molecule has 0 aliphatic heterocycles. The van der Waals surface area contributed by atoms with Gasteiger partial charge in [-0.2, -0.15) is 0 Å². The average Bonchev–Trinajstić information content (AvgIpc) is 2.46. The third-order valence-corrected chi connectivity index (χ3v) is 2.58. The maximum atomic E-state index is 11.5. The summed E-state index contributed by atoms with van der Waals surface area (Å²) in [7, 11) is 0. The summed E-state index contributed by atoms with van der Waals surface area (Å²) in [6.07, 6.45) is -0.214. The average molecular weight is 354 g/mol. The first-order chi connectivity index (χ1) is 10.5. The fourth-order valence-corrected chi connectivity index (χ4v) is 1.45. The topological polar surface area (TPSA) is 90.9 Å². The standard InChI is InChI=1S/C14H16ClNO6.Na.H/c1-10(17)20-9-21-14(19)16-8-2-3-13(18)22-12-6-4-11(15)5-7-12;;/h4-7H,2-3,8-9H2,1H3,(H,16,19);;. The summed E-state index contributed by atoms with van der Waals surface area (Å²) in [5, 5.41) is 2.96. The van der Waals surface area contributed by atoms with Crippen molar-refractivity contribution in [1.29, 1.82) is 0 Å². The van der Waals surface area contributed by atoms with Crippen molar-refractivity contribution in [3.05, 3.63) is 29.3 Å². The molecule has 0 saturated carbocycles. The summed E-state index contributed by atoms with van der Waals surface area (Å²) in [4.78, 5) is 33.1. The molecule has 0 saturated heterocycles. The molecule has 0 radical (unpaired) electrons. The Bertz CT molecular complexity index is 523. The van der Waals surface area contributed by atoms with Crippen LogP contribution < -0.4 is 10.1 Å². The van der Waals surface area contributed by atoms with E-state index in [9.17, 15) is 14.4 Å². The van der Waals surface area contributed by atoms with Crippen molar-refractivity contribution in [3.63, 3.8) is 0 Å². The van der Waals surface area contributed by atoms with Crippen LogP contribution in [0.15, 0.2) is 24.3 Å². The van der Waals surface area contributed by atoms with Crippen LogP contribution in [0.1, 0.15) is 19.8 Å². The molecule has 1 rings (SSSR count). The number of nitrogens with one attached hydrogen (secondary N) is 1. The fraction of sp³-hybridized carbons (Fsp3) is 0.357. The summed E-state index contributed by atoms with van der Waals surface area (Å²) in [5.41, 5.74) is 0. The molecule has 1 aromatic rings. The number of alkyl carbamates (subject to hydrolysis) is 1. The minimum absolute atomic E-state index is 0.